The molecular weight excluding hydrogens is 322 g/mol. The number of carbonyl (C=O) groups is 1. The highest BCUT2D eigenvalue weighted by Gasteiger charge is 2.27. The molecule has 0 radical (unpaired) electrons. The Kier molecular flexibility index (Phi) is 5.53. The fourth-order valence-electron chi connectivity index (χ4n) is 3.61. The first kappa shape index (κ1) is 17.7. The summed E-state index contributed by atoms with van der Waals surface area (Å²) >= 11 is 0. The van der Waals surface area contributed by atoms with Gasteiger partial charge < -0.3 is 14.5 Å². The molecule has 0 aliphatic carbocycles. The van der Waals surface area contributed by atoms with E-state index < -0.39 is 0 Å². The molecule has 0 spiro atoms. The smallest absolute Gasteiger partial charge is 0.292 e. The summed E-state index contributed by atoms with van der Waals surface area (Å²) < 4.78 is 5.29. The van der Waals surface area contributed by atoms with Gasteiger partial charge in [0.1, 0.15) is 5.69 Å². The van der Waals surface area contributed by atoms with Crippen molar-refractivity contribution in [3.63, 3.8) is 0 Å². The Morgan fingerprint density at radius 1 is 1.24 bits per heavy atom. The molecule has 2 aliphatic heterocycles. The maximum Gasteiger partial charge on any atom is 0.292 e. The molecule has 1 amide bonds. The zero-order valence-corrected chi connectivity index (χ0v) is 14.6. The molecule has 3 rings (SSSR count). The number of morpholine rings is 1. The van der Waals surface area contributed by atoms with Crippen molar-refractivity contribution in [1.82, 2.24) is 4.90 Å². The second-order valence-corrected chi connectivity index (χ2v) is 6.88. The minimum absolute atomic E-state index is 0.169. The summed E-state index contributed by atoms with van der Waals surface area (Å²) in [5.74, 6) is 0.569. The number of anilines is 1. The van der Waals surface area contributed by atoms with Crippen LogP contribution in [0.3, 0.4) is 0 Å². The van der Waals surface area contributed by atoms with Crippen LogP contribution in [-0.2, 0) is 9.53 Å². The van der Waals surface area contributed by atoms with E-state index in [1.165, 1.54) is 0 Å². The molecule has 0 atom stereocenters. The Morgan fingerprint density at radius 2 is 1.92 bits per heavy atom. The predicted octanol–water partition coefficient (Wildman–Crippen LogP) is 2.37. The van der Waals surface area contributed by atoms with E-state index in [1.54, 1.807) is 6.07 Å². The first-order valence-electron chi connectivity index (χ1n) is 8.90. The van der Waals surface area contributed by atoms with Crippen LogP contribution in [0.25, 0.3) is 0 Å². The van der Waals surface area contributed by atoms with Crippen LogP contribution < -0.4 is 4.90 Å². The van der Waals surface area contributed by atoms with E-state index in [-0.39, 0.29) is 16.5 Å². The molecule has 1 aromatic carbocycles. The Bertz CT molecular complexity index is 635. The molecule has 1 aromatic rings. The van der Waals surface area contributed by atoms with E-state index in [2.05, 4.69) is 4.90 Å². The summed E-state index contributed by atoms with van der Waals surface area (Å²) in [6.07, 6.45) is 2.35. The van der Waals surface area contributed by atoms with Gasteiger partial charge in [-0.15, -0.1) is 0 Å². The van der Waals surface area contributed by atoms with Crippen LogP contribution in [0.4, 0.5) is 11.4 Å². The zero-order chi connectivity index (χ0) is 17.8. The van der Waals surface area contributed by atoms with Gasteiger partial charge in [-0.05, 0) is 37.3 Å². The average molecular weight is 347 g/mol. The molecule has 2 heterocycles. The van der Waals surface area contributed by atoms with Gasteiger partial charge in [0, 0.05) is 38.7 Å². The van der Waals surface area contributed by atoms with Crippen molar-refractivity contribution in [1.29, 1.82) is 0 Å². The zero-order valence-electron chi connectivity index (χ0n) is 14.6. The number of nitro benzene ring substituents is 1. The maximum absolute atomic E-state index is 12.4. The molecule has 2 fully saturated rings. The molecule has 0 N–H and O–H groups in total. The molecular formula is C18H25N3O4. The fourth-order valence-corrected chi connectivity index (χ4v) is 3.61. The van der Waals surface area contributed by atoms with Crippen molar-refractivity contribution < 1.29 is 14.5 Å². The number of ether oxygens (including phenoxy) is 1. The van der Waals surface area contributed by atoms with Crippen molar-refractivity contribution in [2.75, 3.05) is 44.3 Å². The second kappa shape index (κ2) is 7.82. The minimum Gasteiger partial charge on any atom is -0.378 e. The second-order valence-electron chi connectivity index (χ2n) is 6.88. The third-order valence-electron chi connectivity index (χ3n) is 5.11. The Morgan fingerprint density at radius 3 is 2.56 bits per heavy atom. The topological polar surface area (TPSA) is 75.9 Å². The van der Waals surface area contributed by atoms with E-state index >= 15 is 0 Å². The minimum atomic E-state index is -0.309. The Balaban J connectivity index is 1.57. The number of nitrogens with zero attached hydrogens (tertiary/aromatic N) is 3. The first-order valence-corrected chi connectivity index (χ1v) is 8.90. The average Bonchev–Trinajstić information content (AvgIpc) is 2.63. The van der Waals surface area contributed by atoms with Crippen LogP contribution in [0.15, 0.2) is 18.2 Å². The Hall–Kier alpha value is -2.15. The fraction of sp³-hybridized carbons (Fsp3) is 0.611. The third kappa shape index (κ3) is 4.28. The van der Waals surface area contributed by atoms with Crippen LogP contribution in [0, 0.1) is 23.0 Å². The number of aryl methyl sites for hydroxylation is 1. The van der Waals surface area contributed by atoms with E-state index in [9.17, 15) is 14.9 Å². The maximum atomic E-state index is 12.4. The van der Waals surface area contributed by atoms with Gasteiger partial charge in [0.25, 0.3) is 5.69 Å². The van der Waals surface area contributed by atoms with Crippen LogP contribution in [0.2, 0.25) is 0 Å². The normalized spacial score (nSPS) is 19.1. The quantitative estimate of drug-likeness (QED) is 0.617. The van der Waals surface area contributed by atoms with Gasteiger partial charge in [-0.1, -0.05) is 6.07 Å². The summed E-state index contributed by atoms with van der Waals surface area (Å²) in [6, 6.07) is 5.38. The van der Waals surface area contributed by atoms with Gasteiger partial charge in [0.2, 0.25) is 5.91 Å². The van der Waals surface area contributed by atoms with E-state index in [4.69, 9.17) is 4.74 Å². The highest BCUT2D eigenvalue weighted by Crippen LogP contribution is 2.33. The summed E-state index contributed by atoms with van der Waals surface area (Å²) in [7, 11) is 0. The van der Waals surface area contributed by atoms with Crippen molar-refractivity contribution in [2.24, 2.45) is 5.92 Å². The third-order valence-corrected chi connectivity index (χ3v) is 5.11. The SMILES string of the molecule is Cc1ccc(N2CCC(CC(=O)N3CCOCC3)CC2)c([N+](=O)[O-])c1. The van der Waals surface area contributed by atoms with Crippen molar-refractivity contribution in [2.45, 2.75) is 26.2 Å². The van der Waals surface area contributed by atoms with Gasteiger partial charge >= 0.3 is 0 Å². The molecule has 25 heavy (non-hydrogen) atoms. The number of rotatable bonds is 4. The molecule has 0 aromatic heterocycles. The lowest BCUT2D eigenvalue weighted by Crippen LogP contribution is -2.42. The van der Waals surface area contributed by atoms with Crippen molar-refractivity contribution in [3.8, 4) is 0 Å². The van der Waals surface area contributed by atoms with Crippen LogP contribution in [0.5, 0.6) is 0 Å². The Labute approximate surface area is 147 Å². The molecule has 0 unspecified atom stereocenters. The number of hydrogen-bond acceptors (Lipinski definition) is 5. The molecule has 0 bridgehead atoms. The van der Waals surface area contributed by atoms with Crippen LogP contribution in [-0.4, -0.2) is 55.1 Å². The first-order chi connectivity index (χ1) is 12.0. The predicted molar refractivity (Wildman–Crippen MR) is 94.8 cm³/mol. The van der Waals surface area contributed by atoms with Crippen LogP contribution in [0.1, 0.15) is 24.8 Å². The monoisotopic (exact) mass is 347 g/mol. The van der Waals surface area contributed by atoms with Crippen molar-refractivity contribution in [3.05, 3.63) is 33.9 Å². The number of amides is 1. The molecule has 7 heteroatoms. The summed E-state index contributed by atoms with van der Waals surface area (Å²) in [6.45, 7) is 6.00. The summed E-state index contributed by atoms with van der Waals surface area (Å²) in [4.78, 5) is 27.3. The lowest BCUT2D eigenvalue weighted by molar-refractivity contribution is -0.384. The van der Waals surface area contributed by atoms with Gasteiger partial charge in [-0.25, -0.2) is 0 Å². The molecule has 7 nitrogen and oxygen atoms in total. The summed E-state index contributed by atoms with van der Waals surface area (Å²) in [5.41, 5.74) is 1.75. The number of carbonyl (C=O) groups excluding carboxylic acids is 1. The van der Waals surface area contributed by atoms with E-state index in [0.29, 0.717) is 44.3 Å². The lowest BCUT2D eigenvalue weighted by atomic mass is 9.92. The molecule has 136 valence electrons. The van der Waals surface area contributed by atoms with Gasteiger partial charge in [0.05, 0.1) is 18.1 Å². The summed E-state index contributed by atoms with van der Waals surface area (Å²) in [5, 5.41) is 11.3. The lowest BCUT2D eigenvalue weighted by Gasteiger charge is -2.34. The number of hydrogen-bond donors (Lipinski definition) is 0. The van der Waals surface area contributed by atoms with Gasteiger partial charge in [0.15, 0.2) is 0 Å². The van der Waals surface area contributed by atoms with E-state index in [1.807, 2.05) is 24.0 Å². The number of nitro groups is 1. The highest BCUT2D eigenvalue weighted by atomic mass is 16.6. The van der Waals surface area contributed by atoms with Crippen LogP contribution >= 0.6 is 0 Å². The molecule has 0 saturated carbocycles. The highest BCUT2D eigenvalue weighted by molar-refractivity contribution is 5.76. The standard InChI is InChI=1S/C18H25N3O4/c1-14-2-3-16(17(12-14)21(23)24)19-6-4-15(5-7-19)13-18(22)20-8-10-25-11-9-20/h2-3,12,15H,4-11,13H2,1H3. The van der Waals surface area contributed by atoms with Crippen molar-refractivity contribution >= 4 is 17.3 Å². The van der Waals surface area contributed by atoms with Gasteiger partial charge in [-0.2, -0.15) is 0 Å². The molecule has 2 aliphatic rings. The van der Waals surface area contributed by atoms with Gasteiger partial charge in [-0.3, -0.25) is 14.9 Å². The number of benzene rings is 1. The largest absolute Gasteiger partial charge is 0.378 e. The molecule has 2 saturated heterocycles. The van der Waals surface area contributed by atoms with E-state index in [0.717, 1.165) is 31.5 Å². The number of piperidine rings is 1.